The van der Waals surface area contributed by atoms with Crippen LogP contribution in [0.5, 0.6) is 5.75 Å². The summed E-state index contributed by atoms with van der Waals surface area (Å²) < 4.78 is 5.58. The SMILES string of the molecule is CCCCC=COc1ccc2ccccc2c1. The molecule has 0 N–H and O–H groups in total. The zero-order valence-corrected chi connectivity index (χ0v) is 10.2. The van der Waals surface area contributed by atoms with Gasteiger partial charge in [-0.2, -0.15) is 0 Å². The summed E-state index contributed by atoms with van der Waals surface area (Å²) in [5.41, 5.74) is 0. The normalized spacial score (nSPS) is 11.1. The van der Waals surface area contributed by atoms with E-state index in [4.69, 9.17) is 4.74 Å². The maximum atomic E-state index is 5.58. The Kier molecular flexibility index (Phi) is 4.20. The molecule has 1 nitrogen and oxygen atoms in total. The number of allylic oxidation sites excluding steroid dienone is 1. The minimum atomic E-state index is 0.899. The summed E-state index contributed by atoms with van der Waals surface area (Å²) in [4.78, 5) is 0. The zero-order chi connectivity index (χ0) is 11.9. The van der Waals surface area contributed by atoms with Crippen LogP contribution in [0.25, 0.3) is 10.8 Å². The summed E-state index contributed by atoms with van der Waals surface area (Å²) >= 11 is 0. The third-order valence-electron chi connectivity index (χ3n) is 2.75. The fraction of sp³-hybridized carbons (Fsp3) is 0.250. The van der Waals surface area contributed by atoms with E-state index in [1.807, 2.05) is 18.2 Å². The summed E-state index contributed by atoms with van der Waals surface area (Å²) in [6, 6.07) is 14.5. The fourth-order valence-corrected chi connectivity index (χ4v) is 1.76. The molecular formula is C16H18O. The van der Waals surface area contributed by atoms with Gasteiger partial charge in [0.2, 0.25) is 0 Å². The highest BCUT2D eigenvalue weighted by Crippen LogP contribution is 2.20. The van der Waals surface area contributed by atoms with Gasteiger partial charge in [0, 0.05) is 0 Å². The monoisotopic (exact) mass is 226 g/mol. The molecule has 2 aromatic rings. The fourth-order valence-electron chi connectivity index (χ4n) is 1.76. The van der Waals surface area contributed by atoms with Crippen molar-refractivity contribution in [1.82, 2.24) is 0 Å². The van der Waals surface area contributed by atoms with Crippen molar-refractivity contribution < 1.29 is 4.74 Å². The highest BCUT2D eigenvalue weighted by Gasteiger charge is 1.94. The smallest absolute Gasteiger partial charge is 0.127 e. The van der Waals surface area contributed by atoms with Gasteiger partial charge in [0.15, 0.2) is 0 Å². The average molecular weight is 226 g/mol. The molecule has 0 aromatic heterocycles. The van der Waals surface area contributed by atoms with E-state index in [1.165, 1.54) is 23.6 Å². The van der Waals surface area contributed by atoms with E-state index in [-0.39, 0.29) is 0 Å². The summed E-state index contributed by atoms with van der Waals surface area (Å²) in [5, 5.41) is 2.46. The van der Waals surface area contributed by atoms with Crippen molar-refractivity contribution >= 4 is 10.8 Å². The van der Waals surface area contributed by atoms with E-state index in [9.17, 15) is 0 Å². The second-order valence-corrected chi connectivity index (χ2v) is 4.14. The first-order valence-corrected chi connectivity index (χ1v) is 6.20. The molecule has 88 valence electrons. The van der Waals surface area contributed by atoms with E-state index in [0.717, 1.165) is 12.2 Å². The molecule has 2 aromatic carbocycles. The molecule has 0 heterocycles. The summed E-state index contributed by atoms with van der Waals surface area (Å²) in [7, 11) is 0. The van der Waals surface area contributed by atoms with Crippen molar-refractivity contribution in [2.75, 3.05) is 0 Å². The molecule has 0 unspecified atom stereocenters. The van der Waals surface area contributed by atoms with Gasteiger partial charge in [0.25, 0.3) is 0 Å². The van der Waals surface area contributed by atoms with Gasteiger partial charge in [-0.15, -0.1) is 0 Å². The maximum Gasteiger partial charge on any atom is 0.127 e. The Bertz CT molecular complexity index is 500. The highest BCUT2D eigenvalue weighted by atomic mass is 16.5. The van der Waals surface area contributed by atoms with Crippen LogP contribution in [0.4, 0.5) is 0 Å². The van der Waals surface area contributed by atoms with Crippen LogP contribution in [-0.2, 0) is 0 Å². The Morgan fingerprint density at radius 2 is 1.88 bits per heavy atom. The Labute approximate surface area is 103 Å². The first-order chi connectivity index (χ1) is 8.40. The predicted octanol–water partition coefficient (Wildman–Crippen LogP) is 4.92. The molecule has 0 saturated carbocycles. The topological polar surface area (TPSA) is 9.23 Å². The quantitative estimate of drug-likeness (QED) is 0.519. The third kappa shape index (κ3) is 3.35. The molecular weight excluding hydrogens is 208 g/mol. The largest absolute Gasteiger partial charge is 0.465 e. The van der Waals surface area contributed by atoms with Gasteiger partial charge in [0.1, 0.15) is 5.75 Å². The van der Waals surface area contributed by atoms with Crippen molar-refractivity contribution in [1.29, 1.82) is 0 Å². The molecule has 17 heavy (non-hydrogen) atoms. The molecule has 2 rings (SSSR count). The molecule has 0 radical (unpaired) electrons. The lowest BCUT2D eigenvalue weighted by atomic mass is 10.1. The van der Waals surface area contributed by atoms with E-state index in [2.05, 4.69) is 37.3 Å². The number of rotatable bonds is 5. The second kappa shape index (κ2) is 6.09. The molecule has 0 atom stereocenters. The van der Waals surface area contributed by atoms with Crippen molar-refractivity contribution in [2.24, 2.45) is 0 Å². The minimum Gasteiger partial charge on any atom is -0.465 e. The van der Waals surface area contributed by atoms with Gasteiger partial charge in [-0.05, 0) is 41.8 Å². The highest BCUT2D eigenvalue weighted by molar-refractivity contribution is 5.83. The lowest BCUT2D eigenvalue weighted by molar-refractivity contribution is 0.479. The van der Waals surface area contributed by atoms with Crippen LogP contribution >= 0.6 is 0 Å². The average Bonchev–Trinajstić information content (AvgIpc) is 2.38. The van der Waals surface area contributed by atoms with E-state index >= 15 is 0 Å². The van der Waals surface area contributed by atoms with Gasteiger partial charge in [-0.25, -0.2) is 0 Å². The maximum absolute atomic E-state index is 5.58. The van der Waals surface area contributed by atoms with Crippen molar-refractivity contribution in [3.05, 3.63) is 54.8 Å². The minimum absolute atomic E-state index is 0.899. The zero-order valence-electron chi connectivity index (χ0n) is 10.2. The molecule has 0 aliphatic rings. The Balaban J connectivity index is 2.02. The van der Waals surface area contributed by atoms with Crippen LogP contribution in [0, 0.1) is 0 Å². The van der Waals surface area contributed by atoms with Crippen LogP contribution in [0.1, 0.15) is 26.2 Å². The van der Waals surface area contributed by atoms with Gasteiger partial charge >= 0.3 is 0 Å². The molecule has 0 bridgehead atoms. The predicted molar refractivity (Wildman–Crippen MR) is 73.2 cm³/mol. The summed E-state index contributed by atoms with van der Waals surface area (Å²) in [5.74, 6) is 0.899. The third-order valence-corrected chi connectivity index (χ3v) is 2.75. The lowest BCUT2D eigenvalue weighted by Crippen LogP contribution is -1.82. The van der Waals surface area contributed by atoms with Crippen molar-refractivity contribution in [3.8, 4) is 5.75 Å². The Morgan fingerprint density at radius 1 is 1.06 bits per heavy atom. The summed E-state index contributed by atoms with van der Waals surface area (Å²) in [6.45, 7) is 2.19. The molecule has 0 spiro atoms. The number of hydrogen-bond donors (Lipinski definition) is 0. The first-order valence-electron chi connectivity index (χ1n) is 6.20. The number of ether oxygens (including phenoxy) is 1. The Hall–Kier alpha value is -1.76. The Morgan fingerprint density at radius 3 is 2.71 bits per heavy atom. The molecule has 0 aliphatic heterocycles. The van der Waals surface area contributed by atoms with Gasteiger partial charge in [-0.1, -0.05) is 43.7 Å². The lowest BCUT2D eigenvalue weighted by Gasteiger charge is -2.02. The first kappa shape index (κ1) is 11.7. The number of unbranched alkanes of at least 4 members (excludes halogenated alkanes) is 2. The van der Waals surface area contributed by atoms with Crippen LogP contribution in [0.2, 0.25) is 0 Å². The van der Waals surface area contributed by atoms with E-state index in [0.29, 0.717) is 0 Å². The molecule has 0 aliphatic carbocycles. The van der Waals surface area contributed by atoms with Gasteiger partial charge < -0.3 is 4.74 Å². The number of hydrogen-bond acceptors (Lipinski definition) is 1. The summed E-state index contributed by atoms with van der Waals surface area (Å²) in [6.07, 6.45) is 7.40. The van der Waals surface area contributed by atoms with Crippen molar-refractivity contribution in [2.45, 2.75) is 26.2 Å². The standard InChI is InChI=1S/C16H18O/c1-2-3-4-7-12-17-16-11-10-14-8-5-6-9-15(14)13-16/h5-13H,2-4H2,1H3. The van der Waals surface area contributed by atoms with Gasteiger partial charge in [-0.3, -0.25) is 0 Å². The molecule has 1 heteroatoms. The van der Waals surface area contributed by atoms with Crippen LogP contribution in [0.3, 0.4) is 0 Å². The van der Waals surface area contributed by atoms with Crippen LogP contribution in [0.15, 0.2) is 54.8 Å². The molecule has 0 amide bonds. The number of benzene rings is 2. The van der Waals surface area contributed by atoms with Crippen LogP contribution < -0.4 is 4.74 Å². The number of fused-ring (bicyclic) bond motifs is 1. The van der Waals surface area contributed by atoms with E-state index < -0.39 is 0 Å². The van der Waals surface area contributed by atoms with Crippen LogP contribution in [-0.4, -0.2) is 0 Å². The molecule has 0 saturated heterocycles. The van der Waals surface area contributed by atoms with Crippen molar-refractivity contribution in [3.63, 3.8) is 0 Å². The second-order valence-electron chi connectivity index (χ2n) is 4.14. The molecule has 0 fully saturated rings. The van der Waals surface area contributed by atoms with Gasteiger partial charge in [0.05, 0.1) is 6.26 Å². The van der Waals surface area contributed by atoms with E-state index in [1.54, 1.807) is 6.26 Å².